The number of benzene rings is 2. The average molecular weight is 597 g/mol. The van der Waals surface area contributed by atoms with E-state index < -0.39 is 10.1 Å². The largest absolute Gasteiger partial charge is 0.377 e. The SMILES string of the molecule is Cc1ccc(S(=O)(=O)OCCOCCOCCOCCO[C@@H](COCc2ccccc2)COC2CCCCO2)cc1. The molecule has 41 heavy (non-hydrogen) atoms. The second kappa shape index (κ2) is 20.1. The van der Waals surface area contributed by atoms with Gasteiger partial charge in [-0.05, 0) is 43.9 Å². The lowest BCUT2D eigenvalue weighted by molar-refractivity contribution is -0.186. The van der Waals surface area contributed by atoms with Crippen LogP contribution in [0.5, 0.6) is 0 Å². The summed E-state index contributed by atoms with van der Waals surface area (Å²) >= 11 is 0. The van der Waals surface area contributed by atoms with Crippen molar-refractivity contribution in [3.63, 3.8) is 0 Å². The van der Waals surface area contributed by atoms with Gasteiger partial charge < -0.3 is 33.2 Å². The van der Waals surface area contributed by atoms with Crippen molar-refractivity contribution in [1.29, 1.82) is 0 Å². The molecule has 1 heterocycles. The highest BCUT2D eigenvalue weighted by atomic mass is 32.2. The van der Waals surface area contributed by atoms with E-state index in [1.807, 2.05) is 37.3 Å². The van der Waals surface area contributed by atoms with Crippen molar-refractivity contribution in [3.8, 4) is 0 Å². The fourth-order valence-corrected chi connectivity index (χ4v) is 4.77. The van der Waals surface area contributed by atoms with Gasteiger partial charge in [0.2, 0.25) is 0 Å². The minimum Gasteiger partial charge on any atom is -0.377 e. The molecule has 0 aromatic heterocycles. The Hall–Kier alpha value is -1.93. The summed E-state index contributed by atoms with van der Waals surface area (Å²) in [5, 5.41) is 0. The molecule has 0 radical (unpaired) electrons. The smallest absolute Gasteiger partial charge is 0.297 e. The van der Waals surface area contributed by atoms with Gasteiger partial charge in [0, 0.05) is 6.61 Å². The van der Waals surface area contributed by atoms with Crippen LogP contribution < -0.4 is 0 Å². The van der Waals surface area contributed by atoms with Crippen molar-refractivity contribution < 1.29 is 45.8 Å². The zero-order chi connectivity index (χ0) is 29.0. The second-order valence-electron chi connectivity index (χ2n) is 9.55. The van der Waals surface area contributed by atoms with Crippen molar-refractivity contribution in [3.05, 3.63) is 65.7 Å². The van der Waals surface area contributed by atoms with Gasteiger partial charge in [0.25, 0.3) is 10.1 Å². The van der Waals surface area contributed by atoms with E-state index in [-0.39, 0.29) is 30.5 Å². The summed E-state index contributed by atoms with van der Waals surface area (Å²) in [6, 6.07) is 16.5. The molecular weight excluding hydrogens is 552 g/mol. The Kier molecular flexibility index (Phi) is 16.4. The number of rotatable bonds is 22. The molecular formula is C30H44O10S. The topological polar surface area (TPSA) is 108 Å². The van der Waals surface area contributed by atoms with Gasteiger partial charge in [0.05, 0.1) is 77.6 Å². The van der Waals surface area contributed by atoms with Crippen molar-refractivity contribution in [1.82, 2.24) is 0 Å². The molecule has 2 aromatic rings. The highest BCUT2D eigenvalue weighted by Gasteiger charge is 2.18. The van der Waals surface area contributed by atoms with Gasteiger partial charge >= 0.3 is 0 Å². The van der Waals surface area contributed by atoms with Crippen LogP contribution in [0, 0.1) is 6.92 Å². The molecule has 3 rings (SSSR count). The van der Waals surface area contributed by atoms with Crippen molar-refractivity contribution in [2.75, 3.05) is 72.7 Å². The minimum absolute atomic E-state index is 0.0592. The maximum absolute atomic E-state index is 12.1. The molecule has 0 N–H and O–H groups in total. The van der Waals surface area contributed by atoms with E-state index in [4.69, 9.17) is 37.3 Å². The highest BCUT2D eigenvalue weighted by Crippen LogP contribution is 2.15. The first-order chi connectivity index (χ1) is 20.0. The monoisotopic (exact) mass is 596 g/mol. The fourth-order valence-electron chi connectivity index (χ4n) is 3.88. The van der Waals surface area contributed by atoms with Crippen LogP contribution in [0.3, 0.4) is 0 Å². The highest BCUT2D eigenvalue weighted by molar-refractivity contribution is 7.86. The Morgan fingerprint density at radius 1 is 0.780 bits per heavy atom. The van der Waals surface area contributed by atoms with Crippen LogP contribution in [0.25, 0.3) is 0 Å². The average Bonchev–Trinajstić information content (AvgIpc) is 2.99. The maximum atomic E-state index is 12.1. The Morgan fingerprint density at radius 2 is 1.44 bits per heavy atom. The molecule has 1 fully saturated rings. The normalized spacial score (nSPS) is 16.6. The Morgan fingerprint density at radius 3 is 2.10 bits per heavy atom. The van der Waals surface area contributed by atoms with Crippen LogP contribution in [0.15, 0.2) is 59.5 Å². The number of hydrogen-bond donors (Lipinski definition) is 0. The molecule has 0 bridgehead atoms. The number of hydrogen-bond acceptors (Lipinski definition) is 10. The third-order valence-corrected chi connectivity index (χ3v) is 7.45. The van der Waals surface area contributed by atoms with E-state index in [0.29, 0.717) is 59.5 Å². The molecule has 11 heteroatoms. The minimum atomic E-state index is -3.78. The van der Waals surface area contributed by atoms with E-state index >= 15 is 0 Å². The van der Waals surface area contributed by atoms with Gasteiger partial charge in [0.1, 0.15) is 6.10 Å². The second-order valence-corrected chi connectivity index (χ2v) is 11.2. The molecule has 1 aliphatic heterocycles. The predicted molar refractivity (Wildman–Crippen MR) is 152 cm³/mol. The number of ether oxygens (including phenoxy) is 7. The van der Waals surface area contributed by atoms with Gasteiger partial charge in [-0.1, -0.05) is 48.0 Å². The maximum Gasteiger partial charge on any atom is 0.297 e. The lowest BCUT2D eigenvalue weighted by atomic mass is 10.2. The van der Waals surface area contributed by atoms with Gasteiger partial charge in [-0.25, -0.2) is 0 Å². The van der Waals surface area contributed by atoms with Crippen LogP contribution in [0.2, 0.25) is 0 Å². The summed E-state index contributed by atoms with van der Waals surface area (Å²) < 4.78 is 69.1. The van der Waals surface area contributed by atoms with Crippen molar-refractivity contribution >= 4 is 10.1 Å². The van der Waals surface area contributed by atoms with Gasteiger partial charge in [-0.2, -0.15) is 8.42 Å². The van der Waals surface area contributed by atoms with Crippen molar-refractivity contribution in [2.45, 2.75) is 50.1 Å². The third-order valence-electron chi connectivity index (χ3n) is 6.12. The molecule has 0 saturated carbocycles. The van der Waals surface area contributed by atoms with Crippen LogP contribution in [0.1, 0.15) is 30.4 Å². The summed E-state index contributed by atoms with van der Waals surface area (Å²) in [7, 11) is -3.78. The molecule has 0 aliphatic carbocycles. The molecule has 1 aliphatic rings. The van der Waals surface area contributed by atoms with Crippen LogP contribution in [0.4, 0.5) is 0 Å². The molecule has 1 saturated heterocycles. The summed E-state index contributed by atoms with van der Waals surface area (Å²) in [5.74, 6) is 0. The summed E-state index contributed by atoms with van der Waals surface area (Å²) in [6.07, 6.45) is 2.67. The molecule has 230 valence electrons. The van der Waals surface area contributed by atoms with E-state index in [0.717, 1.165) is 37.0 Å². The first-order valence-corrected chi connectivity index (χ1v) is 15.6. The van der Waals surface area contributed by atoms with E-state index in [1.54, 1.807) is 12.1 Å². The zero-order valence-corrected chi connectivity index (χ0v) is 24.8. The van der Waals surface area contributed by atoms with E-state index in [9.17, 15) is 8.42 Å². The van der Waals surface area contributed by atoms with E-state index in [2.05, 4.69) is 0 Å². The molecule has 2 atom stereocenters. The Bertz CT molecular complexity index is 1030. The number of aryl methyl sites for hydroxylation is 1. The first-order valence-electron chi connectivity index (χ1n) is 14.2. The predicted octanol–water partition coefficient (Wildman–Crippen LogP) is 3.90. The van der Waals surface area contributed by atoms with Gasteiger partial charge in [-0.3, -0.25) is 4.18 Å². The Balaban J connectivity index is 1.18. The van der Waals surface area contributed by atoms with E-state index in [1.165, 1.54) is 12.1 Å². The fraction of sp³-hybridized carbons (Fsp3) is 0.600. The Labute approximate surface area is 244 Å². The lowest BCUT2D eigenvalue weighted by Crippen LogP contribution is -2.32. The molecule has 0 amide bonds. The van der Waals surface area contributed by atoms with Crippen LogP contribution >= 0.6 is 0 Å². The van der Waals surface area contributed by atoms with Crippen molar-refractivity contribution in [2.24, 2.45) is 0 Å². The molecule has 2 aromatic carbocycles. The molecule has 10 nitrogen and oxygen atoms in total. The lowest BCUT2D eigenvalue weighted by Gasteiger charge is -2.25. The molecule has 0 spiro atoms. The molecule has 1 unspecified atom stereocenters. The van der Waals surface area contributed by atoms with Crippen LogP contribution in [-0.4, -0.2) is 93.5 Å². The quantitative estimate of drug-likeness (QED) is 0.147. The van der Waals surface area contributed by atoms with Gasteiger partial charge in [-0.15, -0.1) is 0 Å². The van der Waals surface area contributed by atoms with Crippen LogP contribution in [-0.2, 0) is 54.1 Å². The summed E-state index contributed by atoms with van der Waals surface area (Å²) in [6.45, 7) is 6.37. The zero-order valence-electron chi connectivity index (χ0n) is 23.9. The first kappa shape index (κ1) is 33.6. The van der Waals surface area contributed by atoms with Gasteiger partial charge in [0.15, 0.2) is 6.29 Å². The summed E-state index contributed by atoms with van der Waals surface area (Å²) in [5.41, 5.74) is 2.09. The summed E-state index contributed by atoms with van der Waals surface area (Å²) in [4.78, 5) is 0.131. The standard InChI is InChI=1S/C30H44O10S/c1-26-10-12-29(13-11-26)41(31,32)40-22-20-35-18-16-33-15-17-34-19-21-37-28(25-39-30-9-5-6-14-38-30)24-36-23-27-7-3-2-4-8-27/h2-4,7-8,10-13,28,30H,5-6,9,14-25H2,1H3/t28-,30?/m0/s1. The third kappa shape index (κ3) is 14.7.